The molecule has 2 aliphatic rings. The summed E-state index contributed by atoms with van der Waals surface area (Å²) < 4.78 is 44.2. The molecule has 2 saturated heterocycles. The normalized spacial score (nSPS) is 23.7. The van der Waals surface area contributed by atoms with Crippen molar-refractivity contribution in [1.82, 2.24) is 9.88 Å². The fourth-order valence-corrected chi connectivity index (χ4v) is 6.47. The lowest BCUT2D eigenvalue weighted by atomic mass is 9.83. The summed E-state index contributed by atoms with van der Waals surface area (Å²) in [4.78, 5) is 6.12. The van der Waals surface area contributed by atoms with E-state index in [2.05, 4.69) is 4.98 Å². The Hall–Kier alpha value is -1.99. The van der Waals surface area contributed by atoms with E-state index in [1.807, 2.05) is 11.0 Å². The lowest BCUT2D eigenvalue weighted by molar-refractivity contribution is 0.0573. The monoisotopic (exact) mass is 376 g/mol. The minimum atomic E-state index is -3.17. The molecule has 2 aliphatic heterocycles. The van der Waals surface area contributed by atoms with Gasteiger partial charge in [0.1, 0.15) is 10.6 Å². The number of halogens is 1. The van der Waals surface area contributed by atoms with Crippen LogP contribution in [0.2, 0.25) is 0 Å². The van der Waals surface area contributed by atoms with Gasteiger partial charge in [0.15, 0.2) is 9.84 Å². The van der Waals surface area contributed by atoms with Crippen molar-refractivity contribution in [3.8, 4) is 5.88 Å². The van der Waals surface area contributed by atoms with E-state index in [1.54, 1.807) is 36.5 Å². The molecule has 7 heteroatoms. The van der Waals surface area contributed by atoms with Crippen LogP contribution in [0.15, 0.2) is 48.7 Å². The number of hydrogen-bond acceptors (Lipinski definition) is 5. The zero-order chi connectivity index (χ0) is 18.2. The molecule has 26 heavy (non-hydrogen) atoms. The van der Waals surface area contributed by atoms with E-state index in [0.29, 0.717) is 44.1 Å². The Kier molecular flexibility index (Phi) is 4.44. The Labute approximate surface area is 152 Å². The molecule has 0 aliphatic carbocycles. The third-order valence-electron chi connectivity index (χ3n) is 5.50. The Morgan fingerprint density at radius 3 is 2.69 bits per heavy atom. The van der Waals surface area contributed by atoms with Gasteiger partial charge in [-0.3, -0.25) is 4.90 Å². The molecule has 0 unspecified atom stereocenters. The largest absolute Gasteiger partial charge is 0.477 e. The van der Waals surface area contributed by atoms with Crippen molar-refractivity contribution in [3.63, 3.8) is 0 Å². The molecule has 0 N–H and O–H groups in total. The molecular weight excluding hydrogens is 355 g/mol. The summed E-state index contributed by atoms with van der Waals surface area (Å²) in [7, 11) is -3.17. The zero-order valence-corrected chi connectivity index (χ0v) is 15.2. The van der Waals surface area contributed by atoms with E-state index in [0.717, 1.165) is 0 Å². The SMILES string of the molecule is O=S1(=O)CC[C@H](COc2ccccn2)C12CN(Cc1ccccc1F)C2. The summed E-state index contributed by atoms with van der Waals surface area (Å²) in [6.45, 7) is 1.63. The van der Waals surface area contributed by atoms with Gasteiger partial charge in [0, 0.05) is 43.4 Å². The molecule has 138 valence electrons. The average Bonchev–Trinajstić information content (AvgIpc) is 2.87. The Morgan fingerprint density at radius 2 is 1.96 bits per heavy atom. The van der Waals surface area contributed by atoms with Crippen LogP contribution in [-0.4, -0.2) is 48.5 Å². The highest BCUT2D eigenvalue weighted by atomic mass is 32.2. The van der Waals surface area contributed by atoms with Crippen LogP contribution in [0.1, 0.15) is 12.0 Å². The maximum absolute atomic E-state index is 13.8. The minimum Gasteiger partial charge on any atom is -0.477 e. The fourth-order valence-electron chi connectivity index (χ4n) is 4.02. The smallest absolute Gasteiger partial charge is 0.213 e. The third-order valence-corrected chi connectivity index (χ3v) is 8.11. The molecule has 0 amide bonds. The van der Waals surface area contributed by atoms with Gasteiger partial charge in [0.2, 0.25) is 5.88 Å². The molecule has 2 aromatic rings. The highest BCUT2D eigenvalue weighted by molar-refractivity contribution is 7.93. The number of rotatable bonds is 5. The Morgan fingerprint density at radius 1 is 1.19 bits per heavy atom. The number of likely N-dealkylation sites (tertiary alicyclic amines) is 1. The summed E-state index contributed by atoms with van der Waals surface area (Å²) >= 11 is 0. The number of ether oxygens (including phenoxy) is 1. The number of hydrogen-bond donors (Lipinski definition) is 0. The molecule has 1 atom stereocenters. The van der Waals surface area contributed by atoms with Crippen molar-refractivity contribution in [3.05, 3.63) is 60.0 Å². The average molecular weight is 376 g/mol. The second kappa shape index (κ2) is 6.63. The first kappa shape index (κ1) is 17.4. The second-order valence-corrected chi connectivity index (χ2v) is 9.54. The van der Waals surface area contributed by atoms with Crippen molar-refractivity contribution in [2.75, 3.05) is 25.4 Å². The predicted molar refractivity (Wildman–Crippen MR) is 96.0 cm³/mol. The van der Waals surface area contributed by atoms with Crippen molar-refractivity contribution in [2.24, 2.45) is 5.92 Å². The second-order valence-electron chi connectivity index (χ2n) is 7.08. The van der Waals surface area contributed by atoms with Crippen molar-refractivity contribution in [1.29, 1.82) is 0 Å². The number of benzene rings is 1. The topological polar surface area (TPSA) is 59.5 Å². The maximum atomic E-state index is 13.8. The van der Waals surface area contributed by atoms with Gasteiger partial charge in [-0.15, -0.1) is 0 Å². The van der Waals surface area contributed by atoms with E-state index in [9.17, 15) is 12.8 Å². The fraction of sp³-hybridized carbons (Fsp3) is 0.421. The van der Waals surface area contributed by atoms with Gasteiger partial charge in [-0.05, 0) is 18.6 Å². The molecule has 0 radical (unpaired) electrons. The Bertz CT molecular complexity index is 883. The summed E-state index contributed by atoms with van der Waals surface area (Å²) in [6, 6.07) is 12.0. The van der Waals surface area contributed by atoms with E-state index >= 15 is 0 Å². The maximum Gasteiger partial charge on any atom is 0.213 e. The van der Waals surface area contributed by atoms with Crippen LogP contribution in [0.5, 0.6) is 5.88 Å². The van der Waals surface area contributed by atoms with E-state index in [-0.39, 0.29) is 17.5 Å². The molecule has 1 aromatic heterocycles. The van der Waals surface area contributed by atoms with Crippen LogP contribution in [0.25, 0.3) is 0 Å². The molecular formula is C19H21FN2O3S. The first-order chi connectivity index (χ1) is 12.5. The van der Waals surface area contributed by atoms with Gasteiger partial charge in [-0.2, -0.15) is 0 Å². The first-order valence-electron chi connectivity index (χ1n) is 8.72. The van der Waals surface area contributed by atoms with Crippen LogP contribution < -0.4 is 4.74 Å². The van der Waals surface area contributed by atoms with Gasteiger partial charge in [0.05, 0.1) is 12.4 Å². The first-order valence-corrected chi connectivity index (χ1v) is 10.4. The molecule has 4 rings (SSSR count). The van der Waals surface area contributed by atoms with Crippen LogP contribution in [-0.2, 0) is 16.4 Å². The standard InChI is InChI=1S/C19H21FN2O3S/c20-17-6-2-1-5-15(17)11-22-13-19(14-22)16(8-10-26(19,23)24)12-25-18-7-3-4-9-21-18/h1-7,9,16H,8,10-14H2/t16-/m1/s1. The van der Waals surface area contributed by atoms with Crippen molar-refractivity contribution >= 4 is 9.84 Å². The van der Waals surface area contributed by atoms with E-state index in [4.69, 9.17) is 4.74 Å². The van der Waals surface area contributed by atoms with Gasteiger partial charge in [0.25, 0.3) is 0 Å². The minimum absolute atomic E-state index is 0.0635. The summed E-state index contributed by atoms with van der Waals surface area (Å²) in [6.07, 6.45) is 2.25. The molecule has 0 saturated carbocycles. The summed E-state index contributed by atoms with van der Waals surface area (Å²) in [5.41, 5.74) is 0.596. The molecule has 0 bridgehead atoms. The van der Waals surface area contributed by atoms with E-state index in [1.165, 1.54) is 6.07 Å². The van der Waals surface area contributed by atoms with Crippen LogP contribution in [0, 0.1) is 11.7 Å². The lowest BCUT2D eigenvalue weighted by Gasteiger charge is -2.50. The Balaban J connectivity index is 1.44. The molecule has 1 aromatic carbocycles. The van der Waals surface area contributed by atoms with Gasteiger partial charge in [-0.1, -0.05) is 24.3 Å². The van der Waals surface area contributed by atoms with E-state index < -0.39 is 14.6 Å². The molecule has 1 spiro atoms. The zero-order valence-electron chi connectivity index (χ0n) is 14.3. The highest BCUT2D eigenvalue weighted by Crippen LogP contribution is 2.45. The predicted octanol–water partition coefficient (Wildman–Crippen LogP) is 2.29. The van der Waals surface area contributed by atoms with Crippen molar-refractivity contribution in [2.45, 2.75) is 17.7 Å². The van der Waals surface area contributed by atoms with Gasteiger partial charge in [-0.25, -0.2) is 17.8 Å². The number of aromatic nitrogens is 1. The molecule has 3 heterocycles. The quantitative estimate of drug-likeness (QED) is 0.801. The van der Waals surface area contributed by atoms with Gasteiger partial charge < -0.3 is 4.74 Å². The van der Waals surface area contributed by atoms with Crippen LogP contribution in [0.4, 0.5) is 4.39 Å². The summed E-state index contributed by atoms with van der Waals surface area (Å²) in [5, 5.41) is 0. The molecule has 5 nitrogen and oxygen atoms in total. The molecule has 2 fully saturated rings. The van der Waals surface area contributed by atoms with Crippen molar-refractivity contribution < 1.29 is 17.5 Å². The highest BCUT2D eigenvalue weighted by Gasteiger charge is 2.61. The number of pyridine rings is 1. The number of sulfone groups is 1. The van der Waals surface area contributed by atoms with Crippen LogP contribution >= 0.6 is 0 Å². The summed E-state index contributed by atoms with van der Waals surface area (Å²) in [5.74, 6) is 0.384. The van der Waals surface area contributed by atoms with Crippen LogP contribution in [0.3, 0.4) is 0 Å². The lowest BCUT2D eigenvalue weighted by Crippen LogP contribution is -2.67. The van der Waals surface area contributed by atoms with Gasteiger partial charge >= 0.3 is 0 Å². The number of nitrogens with zero attached hydrogens (tertiary/aromatic N) is 2. The third kappa shape index (κ3) is 2.99.